The highest BCUT2D eigenvalue weighted by Gasteiger charge is 2.13. The SMILES string of the molecule is O=C(O)CCCCC(COCc1ccc(F)c2ccccc12)Cc1ccc(C(=O)O)cc1. The van der Waals surface area contributed by atoms with E-state index in [0.717, 1.165) is 29.4 Å². The topological polar surface area (TPSA) is 83.8 Å². The van der Waals surface area contributed by atoms with Gasteiger partial charge in [0.05, 0.1) is 18.8 Å². The fourth-order valence-corrected chi connectivity index (χ4v) is 3.86. The van der Waals surface area contributed by atoms with Crippen molar-refractivity contribution in [3.05, 3.63) is 83.2 Å². The molecule has 3 rings (SSSR count). The molecule has 0 saturated heterocycles. The molecule has 0 aromatic heterocycles. The molecular weight excluding hydrogens is 411 g/mol. The minimum atomic E-state index is -0.961. The van der Waals surface area contributed by atoms with Gasteiger partial charge in [0.25, 0.3) is 0 Å². The fourth-order valence-electron chi connectivity index (χ4n) is 3.86. The largest absolute Gasteiger partial charge is 0.481 e. The van der Waals surface area contributed by atoms with Gasteiger partial charge in [0.2, 0.25) is 0 Å². The summed E-state index contributed by atoms with van der Waals surface area (Å²) in [6, 6.07) is 17.3. The van der Waals surface area contributed by atoms with Crippen molar-refractivity contribution in [3.63, 3.8) is 0 Å². The summed E-state index contributed by atoms with van der Waals surface area (Å²) in [5.74, 6) is -1.86. The molecule has 3 aromatic carbocycles. The normalized spacial score (nSPS) is 12.0. The molecule has 168 valence electrons. The van der Waals surface area contributed by atoms with Gasteiger partial charge in [-0.2, -0.15) is 0 Å². The number of hydrogen-bond donors (Lipinski definition) is 2. The number of rotatable bonds is 12. The van der Waals surface area contributed by atoms with E-state index < -0.39 is 11.9 Å². The second-order valence-corrected chi connectivity index (χ2v) is 7.98. The Bertz CT molecular complexity index is 1060. The Kier molecular flexibility index (Phi) is 8.34. The monoisotopic (exact) mass is 438 g/mol. The van der Waals surface area contributed by atoms with Gasteiger partial charge in [-0.25, -0.2) is 9.18 Å². The maximum atomic E-state index is 14.0. The van der Waals surface area contributed by atoms with E-state index in [9.17, 15) is 14.0 Å². The molecule has 3 aromatic rings. The molecule has 0 aliphatic heterocycles. The minimum absolute atomic E-state index is 0.141. The summed E-state index contributed by atoms with van der Waals surface area (Å²) < 4.78 is 20.1. The van der Waals surface area contributed by atoms with Crippen LogP contribution in [0.3, 0.4) is 0 Å². The van der Waals surface area contributed by atoms with Crippen LogP contribution in [0.4, 0.5) is 4.39 Å². The van der Waals surface area contributed by atoms with Gasteiger partial charge in [0.15, 0.2) is 0 Å². The summed E-state index contributed by atoms with van der Waals surface area (Å²) in [7, 11) is 0. The summed E-state index contributed by atoms with van der Waals surface area (Å²) >= 11 is 0. The molecule has 0 aliphatic carbocycles. The summed E-state index contributed by atoms with van der Waals surface area (Å²) in [5.41, 5.74) is 2.16. The van der Waals surface area contributed by atoms with E-state index in [2.05, 4.69) is 0 Å². The number of carboxylic acid groups (broad SMARTS) is 2. The van der Waals surface area contributed by atoms with Crippen molar-refractivity contribution in [1.29, 1.82) is 0 Å². The Balaban J connectivity index is 1.63. The molecule has 1 unspecified atom stereocenters. The van der Waals surface area contributed by atoms with E-state index >= 15 is 0 Å². The zero-order chi connectivity index (χ0) is 22.9. The van der Waals surface area contributed by atoms with E-state index in [-0.39, 0.29) is 23.7 Å². The number of halogens is 1. The third-order valence-corrected chi connectivity index (χ3v) is 5.55. The predicted octanol–water partition coefficient (Wildman–Crippen LogP) is 5.70. The molecule has 32 heavy (non-hydrogen) atoms. The zero-order valence-electron chi connectivity index (χ0n) is 17.8. The number of aromatic carboxylic acids is 1. The summed E-state index contributed by atoms with van der Waals surface area (Å²) in [6.45, 7) is 0.823. The van der Waals surface area contributed by atoms with Crippen molar-refractivity contribution in [2.45, 2.75) is 38.7 Å². The van der Waals surface area contributed by atoms with Gasteiger partial charge < -0.3 is 14.9 Å². The van der Waals surface area contributed by atoms with Gasteiger partial charge in [0.1, 0.15) is 5.82 Å². The predicted molar refractivity (Wildman–Crippen MR) is 120 cm³/mol. The number of carboxylic acids is 2. The molecule has 0 bridgehead atoms. The van der Waals surface area contributed by atoms with Crippen molar-refractivity contribution in [3.8, 4) is 0 Å². The second-order valence-electron chi connectivity index (χ2n) is 7.98. The molecule has 0 amide bonds. The molecular formula is C26H27FO5. The first-order valence-corrected chi connectivity index (χ1v) is 10.7. The van der Waals surface area contributed by atoms with E-state index in [1.165, 1.54) is 6.07 Å². The molecule has 0 aliphatic rings. The van der Waals surface area contributed by atoms with Crippen LogP contribution in [0, 0.1) is 11.7 Å². The molecule has 1 atom stereocenters. The van der Waals surface area contributed by atoms with Crippen LogP contribution in [0.25, 0.3) is 10.8 Å². The lowest BCUT2D eigenvalue weighted by Crippen LogP contribution is -2.13. The van der Waals surface area contributed by atoms with Gasteiger partial charge in [-0.1, -0.05) is 48.9 Å². The number of benzene rings is 3. The van der Waals surface area contributed by atoms with Crippen molar-refractivity contribution in [2.24, 2.45) is 5.92 Å². The van der Waals surface area contributed by atoms with Crippen molar-refractivity contribution in [1.82, 2.24) is 0 Å². The van der Waals surface area contributed by atoms with Gasteiger partial charge in [0, 0.05) is 11.8 Å². The smallest absolute Gasteiger partial charge is 0.335 e. The molecule has 5 nitrogen and oxygen atoms in total. The van der Waals surface area contributed by atoms with Crippen molar-refractivity contribution in [2.75, 3.05) is 6.61 Å². The lowest BCUT2D eigenvalue weighted by Gasteiger charge is -2.18. The van der Waals surface area contributed by atoms with E-state index in [0.29, 0.717) is 31.4 Å². The minimum Gasteiger partial charge on any atom is -0.481 e. The van der Waals surface area contributed by atoms with E-state index in [1.807, 2.05) is 12.1 Å². The van der Waals surface area contributed by atoms with Crippen LogP contribution < -0.4 is 0 Å². The molecule has 0 fully saturated rings. The Morgan fingerprint density at radius 1 is 0.906 bits per heavy atom. The standard InChI is InChI=1S/C26H27FO5/c27-24-14-13-21(22-6-2-3-7-23(22)24)17-32-16-19(5-1-4-8-25(28)29)15-18-9-11-20(12-10-18)26(30)31/h2-3,6-7,9-14,19H,1,4-5,8,15-17H2,(H,28,29)(H,30,31). The molecule has 0 spiro atoms. The lowest BCUT2D eigenvalue weighted by molar-refractivity contribution is -0.137. The first-order valence-electron chi connectivity index (χ1n) is 10.7. The van der Waals surface area contributed by atoms with E-state index in [4.69, 9.17) is 14.9 Å². The third-order valence-electron chi connectivity index (χ3n) is 5.55. The number of ether oxygens (including phenoxy) is 1. The summed E-state index contributed by atoms with van der Waals surface area (Å²) in [5, 5.41) is 19.3. The van der Waals surface area contributed by atoms with Crippen LogP contribution in [0.15, 0.2) is 60.7 Å². The fraction of sp³-hybridized carbons (Fsp3) is 0.308. The molecule has 2 N–H and O–H groups in total. The van der Waals surface area contributed by atoms with Crippen molar-refractivity contribution < 1.29 is 28.9 Å². The number of fused-ring (bicyclic) bond motifs is 1. The zero-order valence-corrected chi connectivity index (χ0v) is 17.8. The Hall–Kier alpha value is -3.25. The van der Waals surface area contributed by atoms with Gasteiger partial charge in [-0.05, 0) is 59.9 Å². The van der Waals surface area contributed by atoms with Crippen LogP contribution in [-0.2, 0) is 22.6 Å². The quantitative estimate of drug-likeness (QED) is 0.355. The van der Waals surface area contributed by atoms with Gasteiger partial charge in [-0.15, -0.1) is 0 Å². The van der Waals surface area contributed by atoms with Gasteiger partial charge >= 0.3 is 11.9 Å². The van der Waals surface area contributed by atoms with Crippen molar-refractivity contribution >= 4 is 22.7 Å². The average Bonchev–Trinajstić information content (AvgIpc) is 2.78. The Morgan fingerprint density at radius 2 is 1.62 bits per heavy atom. The third kappa shape index (κ3) is 6.62. The molecule has 6 heteroatoms. The highest BCUT2D eigenvalue weighted by Crippen LogP contribution is 2.23. The van der Waals surface area contributed by atoms with Crippen LogP contribution in [0.5, 0.6) is 0 Å². The molecule has 0 heterocycles. The van der Waals surface area contributed by atoms with Gasteiger partial charge in [-0.3, -0.25) is 4.79 Å². The highest BCUT2D eigenvalue weighted by atomic mass is 19.1. The van der Waals surface area contributed by atoms with Crippen LogP contribution in [0.1, 0.15) is 47.2 Å². The number of hydrogen-bond acceptors (Lipinski definition) is 3. The number of aliphatic carboxylic acids is 1. The number of unbranched alkanes of at least 4 members (excludes halogenated alkanes) is 1. The number of carbonyl (C=O) groups is 2. The lowest BCUT2D eigenvalue weighted by atomic mass is 9.94. The molecule has 0 saturated carbocycles. The Morgan fingerprint density at radius 3 is 2.31 bits per heavy atom. The van der Waals surface area contributed by atoms with Crippen LogP contribution >= 0.6 is 0 Å². The maximum Gasteiger partial charge on any atom is 0.335 e. The highest BCUT2D eigenvalue weighted by molar-refractivity contribution is 5.87. The average molecular weight is 438 g/mol. The van der Waals surface area contributed by atoms with Crippen LogP contribution in [0.2, 0.25) is 0 Å². The van der Waals surface area contributed by atoms with E-state index in [1.54, 1.807) is 42.5 Å². The molecule has 0 radical (unpaired) electrons. The summed E-state index contributed by atoms with van der Waals surface area (Å²) in [6.07, 6.45) is 3.02. The first-order chi connectivity index (χ1) is 15.4. The Labute approximate surface area is 186 Å². The maximum absolute atomic E-state index is 14.0. The summed E-state index contributed by atoms with van der Waals surface area (Å²) in [4.78, 5) is 21.8. The second kappa shape index (κ2) is 11.4. The first kappa shape index (κ1) is 23.4. The van der Waals surface area contributed by atoms with Crippen LogP contribution in [-0.4, -0.2) is 28.8 Å².